The van der Waals surface area contributed by atoms with Gasteiger partial charge < -0.3 is 4.18 Å². The van der Waals surface area contributed by atoms with Gasteiger partial charge in [-0.15, -0.1) is 0 Å². The molecule has 0 atom stereocenters. The van der Waals surface area contributed by atoms with Gasteiger partial charge in [0.25, 0.3) is 0 Å². The maximum atomic E-state index is 11.3. The highest BCUT2D eigenvalue weighted by molar-refractivity contribution is 7.81. The highest BCUT2D eigenvalue weighted by Gasteiger charge is 2.16. The maximum absolute atomic E-state index is 11.3. The molecule has 0 fully saturated rings. The fraction of sp³-hybridized carbons (Fsp3) is 0. The summed E-state index contributed by atoms with van der Waals surface area (Å²) in [4.78, 5) is 0. The molecule has 60 valence electrons. The Hall–Kier alpha value is -0.790. The van der Waals surface area contributed by atoms with Crippen LogP contribution in [0.2, 0.25) is 0 Å². The third-order valence-electron chi connectivity index (χ3n) is 0.321. The zero-order valence-electron chi connectivity index (χ0n) is 4.14. The van der Waals surface area contributed by atoms with Crippen molar-refractivity contribution < 1.29 is 29.7 Å². The first kappa shape index (κ1) is 9.21. The lowest BCUT2D eigenvalue weighted by Crippen LogP contribution is -1.95. The van der Waals surface area contributed by atoms with Crippen molar-refractivity contribution in [2.75, 3.05) is 0 Å². The molecular weight excluding hydrogens is 180 g/mol. The van der Waals surface area contributed by atoms with Crippen molar-refractivity contribution in [2.45, 2.75) is 0 Å². The van der Waals surface area contributed by atoms with Crippen molar-refractivity contribution >= 4 is 10.5 Å². The van der Waals surface area contributed by atoms with Crippen LogP contribution in [0.15, 0.2) is 12.1 Å². The average molecular weight is 180 g/mol. The van der Waals surface area contributed by atoms with Crippen LogP contribution >= 0.6 is 0 Å². The van der Waals surface area contributed by atoms with Gasteiger partial charge in [-0.1, -0.05) is 3.89 Å². The van der Waals surface area contributed by atoms with Gasteiger partial charge in [-0.05, 0) is 0 Å². The van der Waals surface area contributed by atoms with Crippen LogP contribution in [0.25, 0.3) is 0 Å². The van der Waals surface area contributed by atoms with Crippen molar-refractivity contribution in [3.63, 3.8) is 0 Å². The lowest BCUT2D eigenvalue weighted by molar-refractivity contribution is 0.234. The summed E-state index contributed by atoms with van der Waals surface area (Å²) in [7, 11) is -5.68. The molecule has 0 aromatic rings. The van der Waals surface area contributed by atoms with E-state index in [9.17, 15) is 25.5 Å². The van der Waals surface area contributed by atoms with Gasteiger partial charge in [-0.3, -0.25) is 0 Å². The number of halogens is 4. The maximum Gasteiger partial charge on any atom is 0.490 e. The van der Waals surface area contributed by atoms with E-state index in [1.807, 2.05) is 0 Å². The molecule has 0 aromatic heterocycles. The molecule has 10 heavy (non-hydrogen) atoms. The van der Waals surface area contributed by atoms with Crippen molar-refractivity contribution in [2.24, 2.45) is 0 Å². The molecule has 0 aliphatic heterocycles. The van der Waals surface area contributed by atoms with Gasteiger partial charge in [0, 0.05) is 0 Å². The Morgan fingerprint density at radius 2 is 1.60 bits per heavy atom. The Morgan fingerprint density at radius 1 is 1.20 bits per heavy atom. The zero-order valence-corrected chi connectivity index (χ0v) is 4.96. The second kappa shape index (κ2) is 2.86. The fourth-order valence-corrected chi connectivity index (χ4v) is 0.357. The van der Waals surface area contributed by atoms with Crippen molar-refractivity contribution in [3.05, 3.63) is 12.1 Å². The van der Waals surface area contributed by atoms with E-state index < -0.39 is 22.6 Å². The Labute approximate surface area is 53.3 Å². The predicted molar refractivity (Wildman–Crippen MR) is 21.5 cm³/mol. The molecule has 0 N–H and O–H groups in total. The minimum Gasteiger partial charge on any atom is -0.322 e. The van der Waals surface area contributed by atoms with Gasteiger partial charge in [-0.25, -0.2) is 0 Å². The standard InChI is InChI=1S/C2F4O3S/c3-1(4)2(5)9-10(6,7)8. The molecule has 3 nitrogen and oxygen atoms in total. The van der Waals surface area contributed by atoms with E-state index in [4.69, 9.17) is 0 Å². The first-order valence-electron chi connectivity index (χ1n) is 1.68. The van der Waals surface area contributed by atoms with E-state index in [1.165, 1.54) is 0 Å². The van der Waals surface area contributed by atoms with Gasteiger partial charge in [0.15, 0.2) is 0 Å². The van der Waals surface area contributed by atoms with E-state index in [1.54, 1.807) is 0 Å². The van der Waals surface area contributed by atoms with Gasteiger partial charge in [0.1, 0.15) is 0 Å². The molecule has 0 radical (unpaired) electrons. The molecule has 0 aliphatic carbocycles. The summed E-state index contributed by atoms with van der Waals surface area (Å²) < 4.78 is 65.2. The Bertz CT molecular complexity index is 237. The van der Waals surface area contributed by atoms with E-state index in [0.29, 0.717) is 0 Å². The zero-order chi connectivity index (χ0) is 8.36. The quantitative estimate of drug-likeness (QED) is 0.365. The molecule has 0 aliphatic rings. The summed E-state index contributed by atoms with van der Waals surface area (Å²) >= 11 is 0. The molecule has 0 bridgehead atoms. The van der Waals surface area contributed by atoms with Crippen LogP contribution in [-0.4, -0.2) is 8.42 Å². The van der Waals surface area contributed by atoms with Crippen molar-refractivity contribution in [1.82, 2.24) is 0 Å². The normalized spacial score (nSPS) is 10.8. The lowest BCUT2D eigenvalue weighted by Gasteiger charge is -1.91. The van der Waals surface area contributed by atoms with Gasteiger partial charge >= 0.3 is 22.6 Å². The second-order valence-electron chi connectivity index (χ2n) is 1.01. The van der Waals surface area contributed by atoms with Crippen LogP contribution in [0, 0.1) is 0 Å². The molecule has 0 amide bonds. The van der Waals surface area contributed by atoms with E-state index in [-0.39, 0.29) is 0 Å². The van der Waals surface area contributed by atoms with Crippen LogP contribution in [-0.2, 0) is 14.7 Å². The largest absolute Gasteiger partial charge is 0.490 e. The summed E-state index contributed by atoms with van der Waals surface area (Å²) in [6.45, 7) is 0. The topological polar surface area (TPSA) is 43.4 Å². The summed E-state index contributed by atoms with van der Waals surface area (Å²) in [5.74, 6) is 0. The summed E-state index contributed by atoms with van der Waals surface area (Å²) in [5.41, 5.74) is 0. The molecule has 0 aromatic carbocycles. The Balaban J connectivity index is 4.35. The van der Waals surface area contributed by atoms with E-state index in [2.05, 4.69) is 4.18 Å². The first-order valence-corrected chi connectivity index (χ1v) is 2.98. The number of rotatable bonds is 2. The highest BCUT2D eigenvalue weighted by Crippen LogP contribution is 2.13. The predicted octanol–water partition coefficient (Wildman–Crippen LogP) is 1.25. The molecule has 0 rings (SSSR count). The van der Waals surface area contributed by atoms with Crippen LogP contribution in [0.3, 0.4) is 0 Å². The smallest absolute Gasteiger partial charge is 0.322 e. The van der Waals surface area contributed by atoms with Gasteiger partial charge in [-0.2, -0.15) is 21.6 Å². The Kier molecular flexibility index (Phi) is 2.64. The summed E-state index contributed by atoms with van der Waals surface area (Å²) in [6, 6.07) is -2.76. The van der Waals surface area contributed by atoms with Crippen LogP contribution in [0.1, 0.15) is 0 Å². The van der Waals surface area contributed by atoms with Gasteiger partial charge in [0.05, 0.1) is 0 Å². The summed E-state index contributed by atoms with van der Waals surface area (Å²) in [5, 5.41) is 0. The lowest BCUT2D eigenvalue weighted by atomic mass is 11.0. The minimum atomic E-state index is -5.68. The SMILES string of the molecule is O=S(=O)(F)OC(F)=C(F)F. The highest BCUT2D eigenvalue weighted by atomic mass is 32.3. The van der Waals surface area contributed by atoms with Crippen molar-refractivity contribution in [3.8, 4) is 0 Å². The molecule has 0 unspecified atom stereocenters. The average Bonchev–Trinajstić information content (AvgIpc) is 1.60. The third-order valence-corrected chi connectivity index (χ3v) is 0.667. The summed E-state index contributed by atoms with van der Waals surface area (Å²) in [6.07, 6.45) is -3.04. The molecule has 8 heteroatoms. The number of hydrogen-bond donors (Lipinski definition) is 0. The molecule has 0 saturated heterocycles. The van der Waals surface area contributed by atoms with E-state index in [0.717, 1.165) is 0 Å². The van der Waals surface area contributed by atoms with Crippen LogP contribution in [0.5, 0.6) is 0 Å². The molecular formula is C2F4O3S. The van der Waals surface area contributed by atoms with Gasteiger partial charge in [0.2, 0.25) is 0 Å². The van der Waals surface area contributed by atoms with E-state index >= 15 is 0 Å². The molecule has 0 heterocycles. The second-order valence-corrected chi connectivity index (χ2v) is 1.96. The molecule has 0 spiro atoms. The number of hydrogen-bond acceptors (Lipinski definition) is 3. The monoisotopic (exact) mass is 180 g/mol. The van der Waals surface area contributed by atoms with Crippen molar-refractivity contribution in [1.29, 1.82) is 0 Å². The first-order chi connectivity index (χ1) is 4.33. The Morgan fingerprint density at radius 3 is 1.70 bits per heavy atom. The van der Waals surface area contributed by atoms with Crippen LogP contribution < -0.4 is 0 Å². The van der Waals surface area contributed by atoms with Crippen LogP contribution in [0.4, 0.5) is 17.1 Å². The fourth-order valence-electron chi connectivity index (χ4n) is 0.119. The minimum absolute atomic E-state index is 2.47. The third kappa shape index (κ3) is 4.13. The molecule has 0 saturated carbocycles.